The number of hydrogen-bond acceptors (Lipinski definition) is 5. The molecule has 0 radical (unpaired) electrons. The molecule has 0 aliphatic carbocycles. The molecule has 1 aliphatic rings. The maximum absolute atomic E-state index is 13.2. The molecular weight excluding hydrogens is 487 g/mol. The summed E-state index contributed by atoms with van der Waals surface area (Å²) in [6, 6.07) is 10.9. The summed E-state index contributed by atoms with van der Waals surface area (Å²) in [5, 5.41) is 5.56. The van der Waals surface area contributed by atoms with E-state index >= 15 is 0 Å². The van der Waals surface area contributed by atoms with Crippen LogP contribution in [0.3, 0.4) is 0 Å². The van der Waals surface area contributed by atoms with Gasteiger partial charge in [0.2, 0.25) is 5.91 Å². The van der Waals surface area contributed by atoms with Gasteiger partial charge in [-0.2, -0.15) is 5.10 Å². The van der Waals surface area contributed by atoms with Crippen LogP contribution in [0.5, 0.6) is 5.75 Å². The van der Waals surface area contributed by atoms with Gasteiger partial charge in [0.15, 0.2) is 11.4 Å². The van der Waals surface area contributed by atoms with Crippen LogP contribution in [-0.4, -0.2) is 57.9 Å². The van der Waals surface area contributed by atoms with Gasteiger partial charge in [-0.05, 0) is 45.0 Å². The van der Waals surface area contributed by atoms with Crippen molar-refractivity contribution < 1.29 is 9.53 Å². The van der Waals surface area contributed by atoms with Crippen LogP contribution in [0.25, 0.3) is 16.2 Å². The second kappa shape index (κ2) is 10.5. The molecule has 1 atom stereocenters. The molecular formula is C25H26Cl2N6O2. The Morgan fingerprint density at radius 2 is 2.06 bits per heavy atom. The number of amides is 1. The van der Waals surface area contributed by atoms with Crippen LogP contribution in [0.1, 0.15) is 19.5 Å². The van der Waals surface area contributed by atoms with E-state index in [4.69, 9.17) is 34.5 Å². The lowest BCUT2D eigenvalue weighted by Gasteiger charge is -2.41. The van der Waals surface area contributed by atoms with Crippen molar-refractivity contribution in [2.45, 2.75) is 33.4 Å². The maximum atomic E-state index is 13.2. The van der Waals surface area contributed by atoms with Gasteiger partial charge in [-0.3, -0.25) is 9.48 Å². The Labute approximate surface area is 214 Å². The third kappa shape index (κ3) is 5.21. The van der Waals surface area contributed by atoms with Crippen molar-refractivity contribution in [3.63, 3.8) is 0 Å². The Morgan fingerprint density at radius 3 is 2.77 bits per heavy atom. The van der Waals surface area contributed by atoms with Crippen molar-refractivity contribution in [1.29, 1.82) is 0 Å². The quantitative estimate of drug-likeness (QED) is 0.422. The maximum Gasteiger partial charge on any atom is 0.270 e. The molecule has 0 spiro atoms. The summed E-state index contributed by atoms with van der Waals surface area (Å²) in [6.07, 6.45) is 0. The SMILES string of the molecule is [C-]#[N+]c1cccc(-c2nn(CC(=O)N3CCN(c4ccc(Cl)c(OCC)c4)C[C@@H]3C)c(C)c2Cl)n1. The number of pyridine rings is 1. The van der Waals surface area contributed by atoms with E-state index in [9.17, 15) is 4.79 Å². The largest absolute Gasteiger partial charge is 0.492 e. The summed E-state index contributed by atoms with van der Waals surface area (Å²) in [7, 11) is 0. The Hall–Kier alpha value is -3.28. The molecule has 3 heterocycles. The minimum Gasteiger partial charge on any atom is -0.492 e. The van der Waals surface area contributed by atoms with Crippen molar-refractivity contribution in [2.75, 3.05) is 31.1 Å². The van der Waals surface area contributed by atoms with E-state index < -0.39 is 0 Å². The highest BCUT2D eigenvalue weighted by molar-refractivity contribution is 6.33. The number of aromatic nitrogens is 3. The Morgan fingerprint density at radius 1 is 1.26 bits per heavy atom. The summed E-state index contributed by atoms with van der Waals surface area (Å²) in [4.78, 5) is 25.0. The zero-order valence-corrected chi connectivity index (χ0v) is 21.3. The van der Waals surface area contributed by atoms with Crippen molar-refractivity contribution in [3.8, 4) is 17.1 Å². The molecule has 10 heteroatoms. The van der Waals surface area contributed by atoms with E-state index in [-0.39, 0.29) is 24.3 Å². The molecule has 0 unspecified atom stereocenters. The first-order valence-electron chi connectivity index (χ1n) is 11.4. The first-order valence-corrected chi connectivity index (χ1v) is 12.1. The fraction of sp³-hybridized carbons (Fsp3) is 0.360. The van der Waals surface area contributed by atoms with Gasteiger partial charge < -0.3 is 19.4 Å². The predicted octanol–water partition coefficient (Wildman–Crippen LogP) is 5.25. The number of ether oxygens (including phenoxy) is 1. The standard InChI is InChI=1S/C25H26Cl2N6O2/c1-5-35-21-13-18(9-10-19(21)26)31-11-12-32(16(2)14-31)23(34)15-33-17(3)24(27)25(30-33)20-7-6-8-22(28-4)29-20/h6-10,13,16H,5,11-12,14-15H2,1-3H3/t16-/m0/s1. The topological polar surface area (TPSA) is 67.9 Å². The first kappa shape index (κ1) is 24.8. The third-order valence-corrected chi connectivity index (χ3v) is 6.80. The van der Waals surface area contributed by atoms with Crippen molar-refractivity contribution in [2.24, 2.45) is 0 Å². The summed E-state index contributed by atoms with van der Waals surface area (Å²) >= 11 is 12.8. The summed E-state index contributed by atoms with van der Waals surface area (Å²) < 4.78 is 7.24. The first-order chi connectivity index (χ1) is 16.8. The molecule has 0 saturated carbocycles. The Kier molecular flexibility index (Phi) is 7.48. The molecule has 3 aromatic rings. The average molecular weight is 513 g/mol. The van der Waals surface area contributed by atoms with Crippen LogP contribution in [0.15, 0.2) is 36.4 Å². The van der Waals surface area contributed by atoms with Crippen LogP contribution in [-0.2, 0) is 11.3 Å². The second-order valence-corrected chi connectivity index (χ2v) is 9.11. The summed E-state index contributed by atoms with van der Waals surface area (Å²) in [5.41, 5.74) is 2.67. The van der Waals surface area contributed by atoms with E-state index in [0.717, 1.165) is 5.69 Å². The highest BCUT2D eigenvalue weighted by atomic mass is 35.5. The molecule has 1 amide bonds. The number of nitrogens with zero attached hydrogens (tertiary/aromatic N) is 6. The average Bonchev–Trinajstić information content (AvgIpc) is 3.14. The summed E-state index contributed by atoms with van der Waals surface area (Å²) in [5.74, 6) is 0.902. The number of halogens is 2. The highest BCUT2D eigenvalue weighted by Crippen LogP contribution is 2.32. The van der Waals surface area contributed by atoms with Crippen LogP contribution in [0.2, 0.25) is 10.0 Å². The third-order valence-electron chi connectivity index (χ3n) is 6.04. The Balaban J connectivity index is 1.46. The van der Waals surface area contributed by atoms with E-state index in [1.807, 2.05) is 43.9 Å². The number of rotatable bonds is 6. The molecule has 4 rings (SSSR count). The minimum absolute atomic E-state index is 0.00490. The van der Waals surface area contributed by atoms with Crippen molar-refractivity contribution in [3.05, 3.63) is 63.6 Å². The van der Waals surface area contributed by atoms with Crippen molar-refractivity contribution >= 4 is 40.6 Å². The molecule has 1 aliphatic heterocycles. The fourth-order valence-electron chi connectivity index (χ4n) is 4.20. The van der Waals surface area contributed by atoms with Gasteiger partial charge in [0, 0.05) is 37.4 Å². The van der Waals surface area contributed by atoms with Crippen LogP contribution in [0, 0.1) is 13.5 Å². The molecule has 0 N–H and O–H groups in total. The number of hydrogen-bond donors (Lipinski definition) is 0. The predicted molar refractivity (Wildman–Crippen MR) is 137 cm³/mol. The second-order valence-electron chi connectivity index (χ2n) is 8.33. The molecule has 182 valence electrons. The van der Waals surface area contributed by atoms with Crippen LogP contribution < -0.4 is 9.64 Å². The molecule has 0 bridgehead atoms. The molecule has 2 aromatic heterocycles. The molecule has 1 saturated heterocycles. The van der Waals surface area contributed by atoms with E-state index in [1.165, 1.54) is 0 Å². The normalized spacial score (nSPS) is 15.7. The highest BCUT2D eigenvalue weighted by Gasteiger charge is 2.29. The molecule has 1 fully saturated rings. The van der Waals surface area contributed by atoms with Gasteiger partial charge in [0.1, 0.15) is 12.3 Å². The number of anilines is 1. The molecule has 1 aromatic carbocycles. The van der Waals surface area contributed by atoms with Gasteiger partial charge >= 0.3 is 0 Å². The summed E-state index contributed by atoms with van der Waals surface area (Å²) in [6.45, 7) is 15.6. The van der Waals surface area contributed by atoms with Gasteiger partial charge in [0.25, 0.3) is 5.82 Å². The van der Waals surface area contributed by atoms with Gasteiger partial charge in [-0.15, -0.1) is 4.98 Å². The smallest absolute Gasteiger partial charge is 0.270 e. The lowest BCUT2D eigenvalue weighted by atomic mass is 10.1. The number of carbonyl (C=O) groups excluding carboxylic acids is 1. The number of carbonyl (C=O) groups is 1. The van der Waals surface area contributed by atoms with Crippen LogP contribution in [0.4, 0.5) is 11.5 Å². The van der Waals surface area contributed by atoms with E-state index in [2.05, 4.69) is 19.8 Å². The van der Waals surface area contributed by atoms with E-state index in [0.29, 0.717) is 59.1 Å². The zero-order chi connectivity index (χ0) is 25.1. The molecule has 35 heavy (non-hydrogen) atoms. The van der Waals surface area contributed by atoms with Gasteiger partial charge in [-0.1, -0.05) is 35.8 Å². The monoisotopic (exact) mass is 512 g/mol. The zero-order valence-electron chi connectivity index (χ0n) is 19.8. The van der Waals surface area contributed by atoms with Crippen LogP contribution >= 0.6 is 23.2 Å². The lowest BCUT2D eigenvalue weighted by molar-refractivity contribution is -0.134. The molecule has 8 nitrogen and oxygen atoms in total. The number of benzene rings is 1. The fourth-order valence-corrected chi connectivity index (χ4v) is 4.60. The lowest BCUT2D eigenvalue weighted by Crippen LogP contribution is -2.54. The van der Waals surface area contributed by atoms with Gasteiger partial charge in [-0.25, -0.2) is 0 Å². The van der Waals surface area contributed by atoms with E-state index in [1.54, 1.807) is 22.9 Å². The minimum atomic E-state index is -0.0278. The van der Waals surface area contributed by atoms with Gasteiger partial charge in [0.05, 0.1) is 22.3 Å². The Bertz CT molecular complexity index is 1290. The number of piperazine rings is 1. The van der Waals surface area contributed by atoms with Crippen molar-refractivity contribution in [1.82, 2.24) is 19.7 Å².